The van der Waals surface area contributed by atoms with E-state index in [0.29, 0.717) is 6.79 Å². The smallest absolute Gasteiger partial charge is 0.189 e. The summed E-state index contributed by atoms with van der Waals surface area (Å²) in [4.78, 5) is 0. The normalized spacial score (nSPS) is 24.7. The van der Waals surface area contributed by atoms with Gasteiger partial charge in [0.15, 0.2) is 6.79 Å². The lowest BCUT2D eigenvalue weighted by molar-refractivity contribution is 0.0497. The number of rotatable bonds is 0. The fraction of sp³-hybridized carbons (Fsp3) is 0.400. The average molecular weight is 177 g/mol. The quantitative estimate of drug-likeness (QED) is 0.596. The van der Waals surface area contributed by atoms with E-state index >= 15 is 0 Å². The van der Waals surface area contributed by atoms with Crippen LogP contribution in [-0.4, -0.2) is 17.5 Å². The van der Waals surface area contributed by atoms with Gasteiger partial charge in [-0.3, -0.25) is 0 Å². The van der Waals surface area contributed by atoms with E-state index in [1.807, 2.05) is 0 Å². The molecule has 0 saturated carbocycles. The molecule has 1 fully saturated rings. The first kappa shape index (κ1) is 7.21. The van der Waals surface area contributed by atoms with Gasteiger partial charge < -0.3 is 14.0 Å². The zero-order valence-electron chi connectivity index (χ0n) is 7.49. The van der Waals surface area contributed by atoms with Crippen LogP contribution in [0.1, 0.15) is 11.3 Å². The maximum absolute atomic E-state index is 5.43. The minimum Gasteiger partial charge on any atom is -0.469 e. The molecule has 0 bridgehead atoms. The molecule has 0 radical (unpaired) electrons. The van der Waals surface area contributed by atoms with Crippen LogP contribution in [0.5, 0.6) is 0 Å². The standard InChI is InChI=1S/C10H11NO2/c1-11-3-2-7-4-9-10(5-8(7)11)13-6-12-9/h2-4,10H,5-6H2,1H3. The van der Waals surface area contributed by atoms with E-state index in [0.717, 1.165) is 12.2 Å². The summed E-state index contributed by atoms with van der Waals surface area (Å²) in [7, 11) is 2.06. The average Bonchev–Trinajstić information content (AvgIpc) is 2.70. The first-order chi connectivity index (χ1) is 6.34. The zero-order valence-corrected chi connectivity index (χ0v) is 7.49. The van der Waals surface area contributed by atoms with E-state index in [2.05, 4.69) is 30.0 Å². The molecule has 0 aromatic carbocycles. The largest absolute Gasteiger partial charge is 0.469 e. The van der Waals surface area contributed by atoms with E-state index in [9.17, 15) is 0 Å². The monoisotopic (exact) mass is 177 g/mol. The lowest BCUT2D eigenvalue weighted by Crippen LogP contribution is -2.17. The first-order valence-electron chi connectivity index (χ1n) is 4.45. The van der Waals surface area contributed by atoms with Gasteiger partial charge >= 0.3 is 0 Å². The van der Waals surface area contributed by atoms with Gasteiger partial charge in [-0.25, -0.2) is 0 Å². The summed E-state index contributed by atoms with van der Waals surface area (Å²) in [5.41, 5.74) is 2.60. The van der Waals surface area contributed by atoms with Crippen molar-refractivity contribution in [3.8, 4) is 0 Å². The Morgan fingerprint density at radius 3 is 3.38 bits per heavy atom. The predicted molar refractivity (Wildman–Crippen MR) is 47.9 cm³/mol. The molecule has 3 rings (SSSR count). The number of nitrogens with zero attached hydrogens (tertiary/aromatic N) is 1. The van der Waals surface area contributed by atoms with Crippen molar-refractivity contribution in [3.05, 3.63) is 29.3 Å². The maximum atomic E-state index is 5.43. The van der Waals surface area contributed by atoms with E-state index < -0.39 is 0 Å². The molecule has 3 nitrogen and oxygen atoms in total. The summed E-state index contributed by atoms with van der Waals surface area (Å²) in [5, 5.41) is 0. The molecule has 1 aliphatic carbocycles. The number of aromatic nitrogens is 1. The summed E-state index contributed by atoms with van der Waals surface area (Å²) in [6.45, 7) is 0.407. The molecule has 0 N–H and O–H groups in total. The molecular formula is C10H11NO2. The van der Waals surface area contributed by atoms with Crippen LogP contribution in [0.25, 0.3) is 6.08 Å². The van der Waals surface area contributed by atoms with Gasteiger partial charge in [0.1, 0.15) is 11.9 Å². The van der Waals surface area contributed by atoms with Crippen LogP contribution < -0.4 is 0 Å². The molecule has 68 valence electrons. The predicted octanol–water partition coefficient (Wildman–Crippen LogP) is 1.29. The molecule has 1 aromatic rings. The van der Waals surface area contributed by atoms with Gasteiger partial charge in [-0.15, -0.1) is 0 Å². The fourth-order valence-corrected chi connectivity index (χ4v) is 1.96. The summed E-state index contributed by atoms with van der Waals surface area (Å²) in [6, 6.07) is 2.11. The van der Waals surface area contributed by atoms with Crippen molar-refractivity contribution in [2.45, 2.75) is 12.5 Å². The second-order valence-electron chi connectivity index (χ2n) is 3.50. The minimum absolute atomic E-state index is 0.154. The van der Waals surface area contributed by atoms with Gasteiger partial charge in [0.05, 0.1) is 0 Å². The van der Waals surface area contributed by atoms with Crippen LogP contribution in [0.3, 0.4) is 0 Å². The highest BCUT2D eigenvalue weighted by molar-refractivity contribution is 5.58. The minimum atomic E-state index is 0.154. The third kappa shape index (κ3) is 0.937. The van der Waals surface area contributed by atoms with Crippen LogP contribution in [0.15, 0.2) is 18.0 Å². The first-order valence-corrected chi connectivity index (χ1v) is 4.45. The molecule has 1 aliphatic heterocycles. The second-order valence-corrected chi connectivity index (χ2v) is 3.50. The highest BCUT2D eigenvalue weighted by atomic mass is 16.7. The number of ether oxygens (including phenoxy) is 2. The topological polar surface area (TPSA) is 23.4 Å². The Hall–Kier alpha value is -1.22. The fourth-order valence-electron chi connectivity index (χ4n) is 1.96. The summed E-state index contributed by atoms with van der Waals surface area (Å²) < 4.78 is 12.9. The Balaban J connectivity index is 2.11. The van der Waals surface area contributed by atoms with Crippen LogP contribution in [-0.2, 0) is 22.9 Å². The lowest BCUT2D eigenvalue weighted by atomic mass is 10.0. The molecule has 2 aliphatic rings. The highest BCUT2D eigenvalue weighted by Gasteiger charge is 2.29. The number of aryl methyl sites for hydroxylation is 1. The van der Waals surface area contributed by atoms with Crippen LogP contribution in [0.2, 0.25) is 0 Å². The van der Waals surface area contributed by atoms with E-state index in [1.54, 1.807) is 0 Å². The van der Waals surface area contributed by atoms with Gasteiger partial charge in [0, 0.05) is 25.4 Å². The number of fused-ring (bicyclic) bond motifs is 2. The van der Waals surface area contributed by atoms with Gasteiger partial charge in [-0.2, -0.15) is 0 Å². The van der Waals surface area contributed by atoms with Crippen molar-refractivity contribution in [2.75, 3.05) is 6.79 Å². The van der Waals surface area contributed by atoms with Gasteiger partial charge in [0.2, 0.25) is 0 Å². The van der Waals surface area contributed by atoms with Gasteiger partial charge in [0.25, 0.3) is 0 Å². The number of hydrogen-bond donors (Lipinski definition) is 0. The molecule has 1 saturated heterocycles. The molecule has 3 heteroatoms. The van der Waals surface area contributed by atoms with Crippen molar-refractivity contribution >= 4 is 6.08 Å². The summed E-state index contributed by atoms with van der Waals surface area (Å²) in [5.74, 6) is 0.985. The van der Waals surface area contributed by atoms with Crippen molar-refractivity contribution < 1.29 is 9.47 Å². The molecule has 1 aromatic heterocycles. The molecule has 13 heavy (non-hydrogen) atoms. The Morgan fingerprint density at radius 1 is 1.54 bits per heavy atom. The van der Waals surface area contributed by atoms with Crippen LogP contribution >= 0.6 is 0 Å². The number of hydrogen-bond acceptors (Lipinski definition) is 2. The summed E-state index contributed by atoms with van der Waals surface area (Å²) in [6.07, 6.45) is 5.24. The van der Waals surface area contributed by atoms with Gasteiger partial charge in [-0.05, 0) is 17.7 Å². The summed E-state index contributed by atoms with van der Waals surface area (Å²) >= 11 is 0. The van der Waals surface area contributed by atoms with Crippen molar-refractivity contribution in [3.63, 3.8) is 0 Å². The van der Waals surface area contributed by atoms with Crippen molar-refractivity contribution in [1.82, 2.24) is 4.57 Å². The molecule has 0 amide bonds. The van der Waals surface area contributed by atoms with E-state index in [1.165, 1.54) is 11.3 Å². The maximum Gasteiger partial charge on any atom is 0.189 e. The van der Waals surface area contributed by atoms with Crippen molar-refractivity contribution in [1.29, 1.82) is 0 Å². The third-order valence-corrected chi connectivity index (χ3v) is 2.73. The Bertz CT molecular complexity index is 378. The van der Waals surface area contributed by atoms with Crippen molar-refractivity contribution in [2.24, 2.45) is 7.05 Å². The van der Waals surface area contributed by atoms with Crippen LogP contribution in [0, 0.1) is 0 Å². The zero-order chi connectivity index (χ0) is 8.84. The molecular weight excluding hydrogens is 166 g/mol. The molecule has 1 atom stereocenters. The lowest BCUT2D eigenvalue weighted by Gasteiger charge is -2.15. The Kier molecular flexibility index (Phi) is 1.32. The van der Waals surface area contributed by atoms with Crippen LogP contribution in [0.4, 0.5) is 0 Å². The molecule has 1 unspecified atom stereocenters. The molecule has 2 heterocycles. The van der Waals surface area contributed by atoms with E-state index in [-0.39, 0.29) is 6.10 Å². The van der Waals surface area contributed by atoms with Gasteiger partial charge in [-0.1, -0.05) is 0 Å². The molecule has 0 spiro atoms. The third-order valence-electron chi connectivity index (χ3n) is 2.73. The Morgan fingerprint density at radius 2 is 2.46 bits per heavy atom. The second kappa shape index (κ2) is 2.39. The Labute approximate surface area is 76.6 Å². The highest BCUT2D eigenvalue weighted by Crippen LogP contribution is 2.30. The van der Waals surface area contributed by atoms with E-state index in [4.69, 9.17) is 9.47 Å². The SMILES string of the molecule is Cn1ccc2c1CC1OCOC1=C2.